The molecule has 0 bridgehead atoms. The number of thioether (sulfide) groups is 2. The fourth-order valence-electron chi connectivity index (χ4n) is 6.95. The monoisotopic (exact) mass is 569 g/mol. The number of fused-ring (bicyclic) bond motifs is 8. The van der Waals surface area contributed by atoms with E-state index in [1.54, 1.807) is 11.8 Å². The first-order chi connectivity index (χ1) is 19.9. The summed E-state index contributed by atoms with van der Waals surface area (Å²) in [5, 5.41) is 12.0. The molecule has 0 fully saturated rings. The van der Waals surface area contributed by atoms with Crippen LogP contribution in [0.5, 0.6) is 5.75 Å². The van der Waals surface area contributed by atoms with Crippen LogP contribution in [0.1, 0.15) is 54.5 Å². The van der Waals surface area contributed by atoms with Crippen molar-refractivity contribution in [3.63, 3.8) is 0 Å². The molecule has 0 saturated heterocycles. The maximum atomic E-state index is 9.68. The predicted octanol–water partition coefficient (Wildman–Crippen LogP) is 10.0. The Morgan fingerprint density at radius 3 is 2.34 bits per heavy atom. The van der Waals surface area contributed by atoms with Crippen molar-refractivity contribution in [3.05, 3.63) is 123 Å². The number of allylic oxidation sites excluding steroid dienone is 3. The lowest BCUT2D eigenvalue weighted by atomic mass is 9.75. The van der Waals surface area contributed by atoms with Crippen LogP contribution in [0.2, 0.25) is 0 Å². The van der Waals surface area contributed by atoms with Crippen molar-refractivity contribution < 1.29 is 4.74 Å². The molecule has 3 aliphatic rings. The van der Waals surface area contributed by atoms with E-state index in [2.05, 4.69) is 117 Å². The average molecular weight is 570 g/mol. The molecule has 4 aromatic rings. The van der Waals surface area contributed by atoms with Crippen LogP contribution in [0, 0.1) is 11.3 Å². The molecule has 2 nitrogen and oxygen atoms in total. The molecule has 0 amide bonds. The van der Waals surface area contributed by atoms with E-state index < -0.39 is 5.60 Å². The molecule has 1 unspecified atom stereocenters. The Morgan fingerprint density at radius 1 is 0.878 bits per heavy atom. The van der Waals surface area contributed by atoms with Crippen molar-refractivity contribution in [2.24, 2.45) is 0 Å². The van der Waals surface area contributed by atoms with E-state index in [1.165, 1.54) is 43.0 Å². The molecule has 0 radical (unpaired) electrons. The summed E-state index contributed by atoms with van der Waals surface area (Å²) in [6.45, 7) is 4.56. The lowest BCUT2D eigenvalue weighted by Crippen LogP contribution is -2.36. The van der Waals surface area contributed by atoms with Gasteiger partial charge in [-0.1, -0.05) is 74.5 Å². The zero-order chi connectivity index (χ0) is 28.4. The molecule has 2 aliphatic carbocycles. The third kappa shape index (κ3) is 3.86. The Hall–Kier alpha value is -3.65. The van der Waals surface area contributed by atoms with Gasteiger partial charge in [0.2, 0.25) is 0 Å². The lowest BCUT2D eigenvalue weighted by Gasteiger charge is -2.40. The molecule has 7 rings (SSSR count). The summed E-state index contributed by atoms with van der Waals surface area (Å²) in [4.78, 5) is 2.65. The van der Waals surface area contributed by atoms with Crippen LogP contribution in [-0.2, 0) is 11.0 Å². The Kier molecular flexibility index (Phi) is 6.23. The molecule has 1 aliphatic heterocycles. The highest BCUT2D eigenvalue weighted by molar-refractivity contribution is 8.02. The minimum atomic E-state index is -0.690. The highest BCUT2D eigenvalue weighted by Crippen LogP contribution is 2.58. The topological polar surface area (TPSA) is 33.0 Å². The van der Waals surface area contributed by atoms with Gasteiger partial charge in [0.15, 0.2) is 5.60 Å². The number of rotatable bonds is 4. The third-order valence-electron chi connectivity index (χ3n) is 9.04. The minimum Gasteiger partial charge on any atom is -0.473 e. The zero-order valence-corrected chi connectivity index (χ0v) is 25.4. The van der Waals surface area contributed by atoms with Gasteiger partial charge in [0, 0.05) is 26.8 Å². The van der Waals surface area contributed by atoms with Gasteiger partial charge in [-0.2, -0.15) is 5.26 Å². The van der Waals surface area contributed by atoms with Crippen LogP contribution in [0.3, 0.4) is 0 Å². The summed E-state index contributed by atoms with van der Waals surface area (Å²) < 4.78 is 7.41. The maximum absolute atomic E-state index is 9.68. The summed E-state index contributed by atoms with van der Waals surface area (Å²) in [7, 11) is 0. The normalized spacial score (nSPS) is 19.9. The Morgan fingerprint density at radius 2 is 1.66 bits per heavy atom. The van der Waals surface area contributed by atoms with Crippen molar-refractivity contribution in [3.8, 4) is 22.9 Å². The molecular weight excluding hydrogens is 539 g/mol. The second-order valence-corrected chi connectivity index (χ2v) is 13.3. The van der Waals surface area contributed by atoms with Crippen molar-refractivity contribution in [2.75, 3.05) is 12.5 Å². The maximum Gasteiger partial charge on any atom is 0.174 e. The first-order valence-corrected chi connectivity index (χ1v) is 16.5. The zero-order valence-electron chi connectivity index (χ0n) is 23.7. The molecule has 0 aromatic heterocycles. The summed E-state index contributed by atoms with van der Waals surface area (Å²) in [6, 6.07) is 26.0. The Balaban J connectivity index is 1.51. The van der Waals surface area contributed by atoms with Crippen molar-refractivity contribution in [2.45, 2.75) is 42.6 Å². The molecule has 0 saturated carbocycles. The van der Waals surface area contributed by atoms with Gasteiger partial charge >= 0.3 is 0 Å². The number of nitriles is 1. The second-order valence-electron chi connectivity index (χ2n) is 11.5. The van der Waals surface area contributed by atoms with Crippen LogP contribution in [0.4, 0.5) is 0 Å². The van der Waals surface area contributed by atoms with Crippen LogP contribution in [0.15, 0.2) is 100 Å². The van der Waals surface area contributed by atoms with E-state index in [4.69, 9.17) is 4.74 Å². The summed E-state index contributed by atoms with van der Waals surface area (Å²) in [6.07, 6.45) is 15.4. The number of hydrogen-bond acceptors (Lipinski definition) is 4. The van der Waals surface area contributed by atoms with Gasteiger partial charge in [0.25, 0.3) is 0 Å². The molecule has 4 heteroatoms. The van der Waals surface area contributed by atoms with Crippen molar-refractivity contribution >= 4 is 40.4 Å². The van der Waals surface area contributed by atoms with Crippen molar-refractivity contribution in [1.29, 1.82) is 5.26 Å². The first-order valence-electron chi connectivity index (χ1n) is 14.0. The molecule has 0 spiro atoms. The molecular formula is C37H31NOS2. The van der Waals surface area contributed by atoms with E-state index in [0.29, 0.717) is 5.56 Å². The molecule has 1 heterocycles. The van der Waals surface area contributed by atoms with Crippen LogP contribution in [-0.4, -0.2) is 12.5 Å². The van der Waals surface area contributed by atoms with E-state index >= 15 is 0 Å². The number of nitrogens with zero attached hydrogens (tertiary/aromatic N) is 1. The highest BCUT2D eigenvalue weighted by Gasteiger charge is 2.45. The fourth-order valence-corrected chi connectivity index (χ4v) is 7.87. The fraction of sp³-hybridized carbons (Fsp3) is 0.216. The number of ether oxygens (including phenoxy) is 1. The third-order valence-corrected chi connectivity index (χ3v) is 10.6. The standard InChI is InChI=1S/C37H31NOS2/c1-36(2)32-21-23(22-38)9-18-30(32)33-28-7-5-6-8-29(28)35-31(34(33)36)19-20-37(39-35,24-10-14-26(40-3)15-11-24)25-12-16-27(41-4)17-13-25/h5-12,14-16,18-21H,13,17H2,1-4H3. The van der Waals surface area contributed by atoms with Crippen molar-refractivity contribution in [1.82, 2.24) is 0 Å². The van der Waals surface area contributed by atoms with Gasteiger partial charge in [0.05, 0.1) is 11.6 Å². The van der Waals surface area contributed by atoms with Gasteiger partial charge < -0.3 is 4.74 Å². The van der Waals surface area contributed by atoms with Gasteiger partial charge in [0.1, 0.15) is 5.75 Å². The minimum absolute atomic E-state index is 0.278. The van der Waals surface area contributed by atoms with Crippen LogP contribution in [0.25, 0.3) is 28.0 Å². The van der Waals surface area contributed by atoms with Gasteiger partial charge in [-0.15, -0.1) is 23.5 Å². The largest absolute Gasteiger partial charge is 0.473 e. The molecule has 41 heavy (non-hydrogen) atoms. The summed E-state index contributed by atoms with van der Waals surface area (Å²) >= 11 is 3.59. The van der Waals surface area contributed by atoms with Gasteiger partial charge in [-0.05, 0) is 93.8 Å². The molecule has 4 aromatic carbocycles. The predicted molar refractivity (Wildman–Crippen MR) is 175 cm³/mol. The summed E-state index contributed by atoms with van der Waals surface area (Å²) in [5.41, 5.74) is 8.26. The van der Waals surface area contributed by atoms with E-state index in [-0.39, 0.29) is 5.41 Å². The van der Waals surface area contributed by atoms with Crippen LogP contribution < -0.4 is 4.74 Å². The number of benzene rings is 4. The van der Waals surface area contributed by atoms with Gasteiger partial charge in [-0.25, -0.2) is 0 Å². The van der Waals surface area contributed by atoms with Gasteiger partial charge in [-0.3, -0.25) is 0 Å². The Bertz CT molecular complexity index is 1870. The summed E-state index contributed by atoms with van der Waals surface area (Å²) in [5.74, 6) is 0.942. The van der Waals surface area contributed by atoms with E-state index in [0.717, 1.165) is 35.1 Å². The Labute approximate surface area is 250 Å². The highest BCUT2D eigenvalue weighted by atomic mass is 32.2. The lowest BCUT2D eigenvalue weighted by molar-refractivity contribution is 0.154. The quantitative estimate of drug-likeness (QED) is 0.229. The molecule has 1 atom stereocenters. The number of hydrogen-bond donors (Lipinski definition) is 0. The molecule has 202 valence electrons. The molecule has 0 N–H and O–H groups in total. The van der Waals surface area contributed by atoms with E-state index in [1.807, 2.05) is 17.8 Å². The average Bonchev–Trinajstić information content (AvgIpc) is 3.27. The smallest absolute Gasteiger partial charge is 0.174 e. The SMILES string of the molecule is CSC1=CC=C(C2(c3ccc(SC)cc3)C=Cc3c4c(c5ccccc5c3O2)-c2ccc(C#N)cc2C4(C)C)CC1. The first kappa shape index (κ1) is 26.3. The van der Waals surface area contributed by atoms with Crippen LogP contribution >= 0.6 is 23.5 Å². The second kappa shape index (κ2) is 9.72. The van der Waals surface area contributed by atoms with E-state index in [9.17, 15) is 5.26 Å².